The van der Waals surface area contributed by atoms with E-state index in [9.17, 15) is 14.0 Å². The van der Waals surface area contributed by atoms with Crippen LogP contribution >= 0.6 is 11.8 Å². The van der Waals surface area contributed by atoms with E-state index in [2.05, 4.69) is 20.8 Å². The third kappa shape index (κ3) is 5.40. The van der Waals surface area contributed by atoms with E-state index in [1.54, 1.807) is 38.1 Å². The maximum Gasteiger partial charge on any atom is 0.338 e. The number of rotatable bonds is 9. The van der Waals surface area contributed by atoms with Crippen LogP contribution in [0, 0.1) is 12.7 Å². The number of aromatic nitrogens is 3. The third-order valence-electron chi connectivity index (χ3n) is 4.97. The lowest BCUT2D eigenvalue weighted by molar-refractivity contribution is -0.139. The number of thioether (sulfide) groups is 1. The number of hydrogen-bond acceptors (Lipinski definition) is 9. The van der Waals surface area contributed by atoms with Gasteiger partial charge in [-0.15, -0.1) is 10.2 Å². The second-order valence-electron chi connectivity index (χ2n) is 7.37. The molecule has 1 aliphatic rings. The van der Waals surface area contributed by atoms with Crippen molar-refractivity contribution in [3.8, 4) is 5.75 Å². The minimum Gasteiger partial charge on any atom is -0.482 e. The summed E-state index contributed by atoms with van der Waals surface area (Å²) < 4.78 is 31.3. The standard InChI is InChI=1S/C22H23FN6O5S/c1-3-32-20(30)18-14(25-21(31)26-19(18)16-9-8-12(2)34-16)11-35-22-28-27-17(29(22)24)10-33-15-7-5-4-6-13(15)23/h4-9,19H,3,10-11,24H2,1-2H3,(H2,25,26,31)/t19-/m0/s1. The highest BCUT2D eigenvalue weighted by Gasteiger charge is 2.35. The predicted molar refractivity (Wildman–Crippen MR) is 123 cm³/mol. The number of nitrogens with two attached hydrogens (primary N) is 1. The van der Waals surface area contributed by atoms with Crippen molar-refractivity contribution in [1.29, 1.82) is 0 Å². The molecular formula is C22H23FN6O5S. The van der Waals surface area contributed by atoms with Gasteiger partial charge in [-0.1, -0.05) is 23.9 Å². The fourth-order valence-electron chi connectivity index (χ4n) is 3.35. The van der Waals surface area contributed by atoms with E-state index in [4.69, 9.17) is 19.7 Å². The largest absolute Gasteiger partial charge is 0.482 e. The van der Waals surface area contributed by atoms with Gasteiger partial charge in [-0.25, -0.2) is 18.7 Å². The average Bonchev–Trinajstić information content (AvgIpc) is 3.42. The SMILES string of the molecule is CCOC(=O)C1=C(CSc2nnc(COc3ccccc3F)n2N)NC(=O)N[C@H]1c1ccc(C)o1. The molecule has 0 bridgehead atoms. The molecule has 13 heteroatoms. The number of amides is 2. The fourth-order valence-corrected chi connectivity index (χ4v) is 4.19. The van der Waals surface area contributed by atoms with Gasteiger partial charge in [0, 0.05) is 11.4 Å². The van der Waals surface area contributed by atoms with Crippen LogP contribution in [-0.4, -0.2) is 39.2 Å². The molecule has 4 N–H and O–H groups in total. The number of urea groups is 1. The summed E-state index contributed by atoms with van der Waals surface area (Å²) in [6.45, 7) is 3.50. The van der Waals surface area contributed by atoms with Crippen LogP contribution in [0.25, 0.3) is 0 Å². The van der Waals surface area contributed by atoms with Crippen molar-refractivity contribution in [2.75, 3.05) is 18.2 Å². The first-order valence-corrected chi connectivity index (χ1v) is 11.6. The molecule has 0 radical (unpaired) electrons. The number of carbonyl (C=O) groups excluding carboxylic acids is 2. The number of para-hydroxylation sites is 1. The minimum atomic E-state index is -0.826. The first-order chi connectivity index (χ1) is 16.9. The smallest absolute Gasteiger partial charge is 0.338 e. The van der Waals surface area contributed by atoms with Crippen LogP contribution in [0.1, 0.15) is 30.3 Å². The van der Waals surface area contributed by atoms with Crippen LogP contribution in [-0.2, 0) is 16.1 Å². The van der Waals surface area contributed by atoms with Crippen molar-refractivity contribution >= 4 is 23.8 Å². The van der Waals surface area contributed by atoms with E-state index in [0.717, 1.165) is 11.8 Å². The number of ether oxygens (including phenoxy) is 2. The lowest BCUT2D eigenvalue weighted by Gasteiger charge is -2.27. The van der Waals surface area contributed by atoms with Gasteiger partial charge in [-0.05, 0) is 38.1 Å². The molecule has 4 rings (SSSR count). The number of furan rings is 1. The number of benzene rings is 1. The Bertz CT molecular complexity index is 1270. The normalized spacial score (nSPS) is 15.5. The monoisotopic (exact) mass is 502 g/mol. The third-order valence-corrected chi connectivity index (χ3v) is 5.94. The Morgan fingerprint density at radius 3 is 2.80 bits per heavy atom. The Labute approximate surface area is 203 Å². The van der Waals surface area contributed by atoms with E-state index < -0.39 is 23.9 Å². The van der Waals surface area contributed by atoms with Gasteiger partial charge in [0.2, 0.25) is 5.16 Å². The summed E-state index contributed by atoms with van der Waals surface area (Å²) in [7, 11) is 0. The molecule has 0 saturated heterocycles. The summed E-state index contributed by atoms with van der Waals surface area (Å²) in [5.41, 5.74) is 0.530. The van der Waals surface area contributed by atoms with Crippen molar-refractivity contribution in [2.45, 2.75) is 31.7 Å². The number of halogens is 1. The number of esters is 1. The van der Waals surface area contributed by atoms with Crippen molar-refractivity contribution in [2.24, 2.45) is 0 Å². The molecule has 3 aromatic rings. The van der Waals surface area contributed by atoms with E-state index >= 15 is 0 Å². The van der Waals surface area contributed by atoms with Crippen molar-refractivity contribution in [3.05, 3.63) is 70.8 Å². The maximum absolute atomic E-state index is 13.8. The number of nitrogens with zero attached hydrogens (tertiary/aromatic N) is 3. The van der Waals surface area contributed by atoms with Crippen LogP contribution in [0.4, 0.5) is 9.18 Å². The van der Waals surface area contributed by atoms with E-state index in [-0.39, 0.29) is 36.1 Å². The zero-order valence-corrected chi connectivity index (χ0v) is 19.7. The Morgan fingerprint density at radius 2 is 2.09 bits per heavy atom. The molecule has 2 amide bonds. The lowest BCUT2D eigenvalue weighted by atomic mass is 10.0. The van der Waals surface area contributed by atoms with Crippen LogP contribution in [0.15, 0.2) is 57.2 Å². The Hall–Kier alpha value is -4.00. The van der Waals surface area contributed by atoms with E-state index in [1.807, 2.05) is 0 Å². The van der Waals surface area contributed by atoms with Crippen LogP contribution in [0.5, 0.6) is 5.75 Å². The number of carbonyl (C=O) groups is 2. The van der Waals surface area contributed by atoms with Gasteiger partial charge < -0.3 is 30.4 Å². The summed E-state index contributed by atoms with van der Waals surface area (Å²) in [5, 5.41) is 13.7. The number of nitrogens with one attached hydrogen (secondary N) is 2. The molecule has 11 nitrogen and oxygen atoms in total. The predicted octanol–water partition coefficient (Wildman–Crippen LogP) is 2.57. The van der Waals surface area contributed by atoms with Gasteiger partial charge >= 0.3 is 12.0 Å². The van der Waals surface area contributed by atoms with Gasteiger partial charge in [-0.3, -0.25) is 0 Å². The molecule has 1 aliphatic heterocycles. The number of nitrogen functional groups attached to an aromatic ring is 1. The van der Waals surface area contributed by atoms with Gasteiger partial charge in [0.15, 0.2) is 17.4 Å². The van der Waals surface area contributed by atoms with Gasteiger partial charge in [-0.2, -0.15) is 0 Å². The quantitative estimate of drug-likeness (QED) is 0.228. The number of hydrogen-bond donors (Lipinski definition) is 3. The molecule has 1 aromatic carbocycles. The second-order valence-corrected chi connectivity index (χ2v) is 8.31. The number of aryl methyl sites for hydroxylation is 1. The van der Waals surface area contributed by atoms with Crippen LogP contribution in [0.2, 0.25) is 0 Å². The molecule has 0 unspecified atom stereocenters. The molecule has 184 valence electrons. The summed E-state index contributed by atoms with van der Waals surface area (Å²) in [4.78, 5) is 25.2. The minimum absolute atomic E-state index is 0.0607. The highest BCUT2D eigenvalue weighted by molar-refractivity contribution is 7.99. The fraction of sp³-hybridized carbons (Fsp3) is 0.273. The molecule has 0 saturated carbocycles. The molecular weight excluding hydrogens is 479 g/mol. The Balaban J connectivity index is 1.54. The van der Waals surface area contributed by atoms with Crippen LogP contribution in [0.3, 0.4) is 0 Å². The molecule has 0 fully saturated rings. The highest BCUT2D eigenvalue weighted by Crippen LogP contribution is 2.31. The van der Waals surface area contributed by atoms with Crippen molar-refractivity contribution in [3.63, 3.8) is 0 Å². The zero-order chi connectivity index (χ0) is 24.9. The summed E-state index contributed by atoms with van der Waals surface area (Å²) in [5.74, 6) is 6.46. The maximum atomic E-state index is 13.8. The first kappa shape index (κ1) is 24.1. The molecule has 0 spiro atoms. The second kappa shape index (κ2) is 10.5. The topological polar surface area (TPSA) is 147 Å². The van der Waals surface area contributed by atoms with Gasteiger partial charge in [0.25, 0.3) is 0 Å². The molecule has 0 aliphatic carbocycles. The van der Waals surface area contributed by atoms with E-state index in [0.29, 0.717) is 22.4 Å². The van der Waals surface area contributed by atoms with Crippen molar-refractivity contribution in [1.82, 2.24) is 25.5 Å². The molecule has 35 heavy (non-hydrogen) atoms. The molecule has 3 heterocycles. The van der Waals surface area contributed by atoms with Gasteiger partial charge in [0.05, 0.1) is 12.2 Å². The molecule has 1 atom stereocenters. The average molecular weight is 503 g/mol. The summed E-state index contributed by atoms with van der Waals surface area (Å²) in [6.07, 6.45) is 0. The summed E-state index contributed by atoms with van der Waals surface area (Å²) >= 11 is 1.14. The molecule has 2 aromatic heterocycles. The summed E-state index contributed by atoms with van der Waals surface area (Å²) in [6, 6.07) is 8.07. The first-order valence-electron chi connectivity index (χ1n) is 10.6. The zero-order valence-electron chi connectivity index (χ0n) is 18.9. The van der Waals surface area contributed by atoms with Crippen LogP contribution < -0.4 is 21.2 Å². The Kier molecular flexibility index (Phi) is 7.25. The van der Waals surface area contributed by atoms with Crippen molar-refractivity contribution < 1.29 is 27.9 Å². The van der Waals surface area contributed by atoms with E-state index in [1.165, 1.54) is 16.8 Å². The lowest BCUT2D eigenvalue weighted by Crippen LogP contribution is -2.46. The Morgan fingerprint density at radius 1 is 1.29 bits per heavy atom. The van der Waals surface area contributed by atoms with Gasteiger partial charge in [0.1, 0.15) is 24.2 Å². The highest BCUT2D eigenvalue weighted by atomic mass is 32.2.